The van der Waals surface area contributed by atoms with Gasteiger partial charge in [-0.05, 0) is 61.9 Å². The van der Waals surface area contributed by atoms with Crippen molar-refractivity contribution in [1.82, 2.24) is 15.0 Å². The summed E-state index contributed by atoms with van der Waals surface area (Å²) < 4.78 is 0. The highest BCUT2D eigenvalue weighted by molar-refractivity contribution is 7.99. The molecule has 0 unspecified atom stereocenters. The van der Waals surface area contributed by atoms with Crippen LogP contribution in [0.4, 0.5) is 11.4 Å². The molecule has 0 bridgehead atoms. The van der Waals surface area contributed by atoms with E-state index in [0.717, 1.165) is 34.9 Å². The molecule has 0 fully saturated rings. The van der Waals surface area contributed by atoms with Crippen molar-refractivity contribution in [3.8, 4) is 0 Å². The molecule has 0 atom stereocenters. The monoisotopic (exact) mass is 379 g/mol. The standard InChI is InChI=1S/C20H21N5OS/c1-14-11-15(2)24-20(23-14)27-13-19(26)25-18-5-3-17(4-6-18)22-12-16-7-9-21-10-8-16/h3-11,22H,12-13H2,1-2H3,(H,25,26). The Morgan fingerprint density at radius 3 is 2.26 bits per heavy atom. The molecule has 2 N–H and O–H groups in total. The molecule has 0 radical (unpaired) electrons. The Balaban J connectivity index is 1.48. The zero-order chi connectivity index (χ0) is 19.1. The van der Waals surface area contributed by atoms with Gasteiger partial charge in [-0.25, -0.2) is 9.97 Å². The van der Waals surface area contributed by atoms with Crippen LogP contribution in [0.3, 0.4) is 0 Å². The van der Waals surface area contributed by atoms with E-state index in [4.69, 9.17) is 0 Å². The second-order valence-corrected chi connectivity index (χ2v) is 7.00. The van der Waals surface area contributed by atoms with Crippen LogP contribution in [0.1, 0.15) is 17.0 Å². The SMILES string of the molecule is Cc1cc(C)nc(SCC(=O)Nc2ccc(NCc3ccncc3)cc2)n1. The zero-order valence-corrected chi connectivity index (χ0v) is 16.1. The second-order valence-electron chi connectivity index (χ2n) is 6.06. The Morgan fingerprint density at radius 1 is 0.963 bits per heavy atom. The van der Waals surface area contributed by atoms with Crippen molar-refractivity contribution in [2.75, 3.05) is 16.4 Å². The van der Waals surface area contributed by atoms with Crippen LogP contribution in [0.25, 0.3) is 0 Å². The van der Waals surface area contributed by atoms with E-state index in [1.807, 2.05) is 56.3 Å². The van der Waals surface area contributed by atoms with Crippen molar-refractivity contribution < 1.29 is 4.79 Å². The van der Waals surface area contributed by atoms with Gasteiger partial charge in [-0.15, -0.1) is 0 Å². The lowest BCUT2D eigenvalue weighted by molar-refractivity contribution is -0.113. The van der Waals surface area contributed by atoms with E-state index >= 15 is 0 Å². The molecule has 27 heavy (non-hydrogen) atoms. The first-order valence-corrected chi connectivity index (χ1v) is 9.55. The third-order valence-electron chi connectivity index (χ3n) is 3.71. The molecule has 0 saturated heterocycles. The van der Waals surface area contributed by atoms with Crippen LogP contribution in [0.5, 0.6) is 0 Å². The van der Waals surface area contributed by atoms with E-state index < -0.39 is 0 Å². The highest BCUT2D eigenvalue weighted by Crippen LogP contribution is 2.17. The maximum atomic E-state index is 12.1. The zero-order valence-electron chi connectivity index (χ0n) is 15.3. The van der Waals surface area contributed by atoms with Gasteiger partial charge >= 0.3 is 0 Å². The molecule has 0 spiro atoms. The molecule has 6 nitrogen and oxygen atoms in total. The number of nitrogens with zero attached hydrogens (tertiary/aromatic N) is 3. The fourth-order valence-electron chi connectivity index (χ4n) is 2.46. The van der Waals surface area contributed by atoms with Crippen molar-refractivity contribution in [3.63, 3.8) is 0 Å². The van der Waals surface area contributed by atoms with Crippen LogP contribution in [0.15, 0.2) is 60.0 Å². The Hall–Kier alpha value is -2.93. The molecule has 2 aromatic heterocycles. The summed E-state index contributed by atoms with van der Waals surface area (Å²) in [6, 6.07) is 13.5. The van der Waals surface area contributed by atoms with Crippen LogP contribution < -0.4 is 10.6 Å². The third kappa shape index (κ3) is 6.07. The van der Waals surface area contributed by atoms with Crippen molar-refractivity contribution in [2.45, 2.75) is 25.5 Å². The summed E-state index contributed by atoms with van der Waals surface area (Å²) in [5.41, 5.74) is 4.72. The minimum absolute atomic E-state index is 0.0831. The molecule has 2 heterocycles. The summed E-state index contributed by atoms with van der Waals surface area (Å²) in [5.74, 6) is 0.186. The van der Waals surface area contributed by atoms with Gasteiger partial charge < -0.3 is 10.6 Å². The number of hydrogen-bond donors (Lipinski definition) is 2. The van der Waals surface area contributed by atoms with E-state index in [9.17, 15) is 4.79 Å². The van der Waals surface area contributed by atoms with Gasteiger partial charge in [0, 0.05) is 41.7 Å². The Kier molecular flexibility index (Phi) is 6.38. The summed E-state index contributed by atoms with van der Waals surface area (Å²) in [6.45, 7) is 4.56. The lowest BCUT2D eigenvalue weighted by Gasteiger charge is -2.09. The average molecular weight is 379 g/mol. The normalized spacial score (nSPS) is 10.4. The Bertz CT molecular complexity index is 880. The maximum Gasteiger partial charge on any atom is 0.234 e. The van der Waals surface area contributed by atoms with Crippen LogP contribution >= 0.6 is 11.8 Å². The highest BCUT2D eigenvalue weighted by atomic mass is 32.2. The summed E-state index contributed by atoms with van der Waals surface area (Å²) in [6.07, 6.45) is 3.55. The van der Waals surface area contributed by atoms with Gasteiger partial charge in [0.2, 0.25) is 5.91 Å². The predicted octanol–water partition coefficient (Wildman–Crippen LogP) is 3.83. The fraction of sp³-hybridized carbons (Fsp3) is 0.200. The van der Waals surface area contributed by atoms with Gasteiger partial charge in [0.05, 0.1) is 5.75 Å². The van der Waals surface area contributed by atoms with Gasteiger partial charge in [-0.3, -0.25) is 9.78 Å². The largest absolute Gasteiger partial charge is 0.381 e. The lowest BCUT2D eigenvalue weighted by atomic mass is 10.2. The van der Waals surface area contributed by atoms with Crippen molar-refractivity contribution >= 4 is 29.0 Å². The van der Waals surface area contributed by atoms with Crippen molar-refractivity contribution in [2.24, 2.45) is 0 Å². The molecule has 138 valence electrons. The number of pyridine rings is 1. The van der Waals surface area contributed by atoms with Gasteiger partial charge in [0.15, 0.2) is 5.16 Å². The highest BCUT2D eigenvalue weighted by Gasteiger charge is 2.07. The van der Waals surface area contributed by atoms with Crippen LogP contribution in [0, 0.1) is 13.8 Å². The predicted molar refractivity (Wildman–Crippen MR) is 109 cm³/mol. The number of hydrogen-bond acceptors (Lipinski definition) is 6. The van der Waals surface area contributed by atoms with E-state index in [1.54, 1.807) is 12.4 Å². The first kappa shape index (κ1) is 18.8. The molecule has 3 aromatic rings. The Morgan fingerprint density at radius 2 is 1.59 bits per heavy atom. The first-order chi connectivity index (χ1) is 13.1. The number of carbonyl (C=O) groups excluding carboxylic acids is 1. The van der Waals surface area contributed by atoms with Crippen molar-refractivity contribution in [3.05, 3.63) is 71.8 Å². The first-order valence-electron chi connectivity index (χ1n) is 8.56. The molecular weight excluding hydrogens is 358 g/mol. The van der Waals surface area contributed by atoms with Gasteiger partial charge in [-0.2, -0.15) is 0 Å². The van der Waals surface area contributed by atoms with Gasteiger partial charge in [-0.1, -0.05) is 11.8 Å². The molecular formula is C20H21N5OS. The molecule has 0 aliphatic rings. The molecule has 1 aromatic carbocycles. The number of aromatic nitrogens is 3. The van der Waals surface area contributed by atoms with E-state index in [1.165, 1.54) is 11.8 Å². The number of aryl methyl sites for hydroxylation is 2. The third-order valence-corrected chi connectivity index (χ3v) is 4.56. The summed E-state index contributed by atoms with van der Waals surface area (Å²) in [7, 11) is 0. The summed E-state index contributed by atoms with van der Waals surface area (Å²) >= 11 is 1.33. The fourth-order valence-corrected chi connectivity index (χ4v) is 3.21. The molecule has 0 aliphatic carbocycles. The average Bonchev–Trinajstić information content (AvgIpc) is 2.66. The van der Waals surface area contributed by atoms with Gasteiger partial charge in [0.1, 0.15) is 0 Å². The number of anilines is 2. The summed E-state index contributed by atoms with van der Waals surface area (Å²) in [4.78, 5) is 24.8. The lowest BCUT2D eigenvalue weighted by Crippen LogP contribution is -2.14. The minimum atomic E-state index is -0.0831. The summed E-state index contributed by atoms with van der Waals surface area (Å²) in [5, 5.41) is 6.85. The molecule has 1 amide bonds. The maximum absolute atomic E-state index is 12.1. The number of carbonyl (C=O) groups is 1. The topological polar surface area (TPSA) is 79.8 Å². The number of benzene rings is 1. The smallest absolute Gasteiger partial charge is 0.234 e. The van der Waals surface area contributed by atoms with Crippen molar-refractivity contribution in [1.29, 1.82) is 0 Å². The molecule has 0 saturated carbocycles. The number of amides is 1. The molecule has 7 heteroatoms. The number of rotatable bonds is 7. The number of nitrogens with one attached hydrogen (secondary N) is 2. The molecule has 0 aliphatic heterocycles. The molecule has 3 rings (SSSR count). The quantitative estimate of drug-likeness (QED) is 0.480. The number of thioether (sulfide) groups is 1. The Labute approximate surface area is 162 Å². The van der Waals surface area contributed by atoms with Gasteiger partial charge in [0.25, 0.3) is 0 Å². The van der Waals surface area contributed by atoms with E-state index in [0.29, 0.717) is 5.16 Å². The van der Waals surface area contributed by atoms with Crippen LogP contribution in [0.2, 0.25) is 0 Å². The van der Waals surface area contributed by atoms with E-state index in [-0.39, 0.29) is 11.7 Å². The second kappa shape index (κ2) is 9.14. The van der Waals surface area contributed by atoms with Crippen LogP contribution in [-0.4, -0.2) is 26.6 Å². The van der Waals surface area contributed by atoms with Crippen LogP contribution in [-0.2, 0) is 11.3 Å². The van der Waals surface area contributed by atoms with E-state index in [2.05, 4.69) is 25.6 Å². The minimum Gasteiger partial charge on any atom is -0.381 e.